The van der Waals surface area contributed by atoms with Crippen LogP contribution in [-0.2, 0) is 13.6 Å². The van der Waals surface area contributed by atoms with Gasteiger partial charge in [-0.25, -0.2) is 18.4 Å². The number of aromatic nitrogens is 6. The van der Waals surface area contributed by atoms with Gasteiger partial charge in [-0.2, -0.15) is 5.26 Å². The van der Waals surface area contributed by atoms with Crippen molar-refractivity contribution >= 4 is 44.2 Å². The summed E-state index contributed by atoms with van der Waals surface area (Å²) in [6.45, 7) is 0.114. The number of pyridine rings is 1. The van der Waals surface area contributed by atoms with E-state index in [0.29, 0.717) is 39.8 Å². The van der Waals surface area contributed by atoms with E-state index in [9.17, 15) is 19.2 Å². The maximum absolute atomic E-state index is 14.2. The van der Waals surface area contributed by atoms with Crippen LogP contribution in [0.3, 0.4) is 0 Å². The van der Waals surface area contributed by atoms with E-state index >= 15 is 0 Å². The summed E-state index contributed by atoms with van der Waals surface area (Å²) in [5.41, 5.74) is 0.0826. The van der Waals surface area contributed by atoms with Crippen LogP contribution in [0.25, 0.3) is 37.4 Å². The largest absolute Gasteiger partial charge is 0.494 e. The van der Waals surface area contributed by atoms with E-state index in [2.05, 4.69) is 21.4 Å². The number of fused-ring (bicyclic) bond motifs is 2. The van der Waals surface area contributed by atoms with Crippen molar-refractivity contribution in [1.29, 1.82) is 5.26 Å². The van der Waals surface area contributed by atoms with Crippen LogP contribution < -0.4 is 16.0 Å². The van der Waals surface area contributed by atoms with Gasteiger partial charge in [-0.3, -0.25) is 14.3 Å². The lowest BCUT2D eigenvalue weighted by Gasteiger charge is -2.14. The van der Waals surface area contributed by atoms with Crippen LogP contribution in [0.1, 0.15) is 12.8 Å². The molecule has 13 heteroatoms. The van der Waals surface area contributed by atoms with Gasteiger partial charge in [0.2, 0.25) is 0 Å². The van der Waals surface area contributed by atoms with Crippen molar-refractivity contribution in [2.45, 2.75) is 19.4 Å². The third-order valence-corrected chi connectivity index (χ3v) is 8.07. The Morgan fingerprint density at radius 3 is 2.76 bits per heavy atom. The number of hydrogen-bond donors (Lipinski definition) is 0. The van der Waals surface area contributed by atoms with E-state index in [-0.39, 0.29) is 27.7 Å². The molecule has 0 unspecified atom stereocenters. The van der Waals surface area contributed by atoms with Crippen molar-refractivity contribution in [3.63, 3.8) is 0 Å². The summed E-state index contributed by atoms with van der Waals surface area (Å²) in [5.74, 6) is -0.624. The molecule has 4 aromatic heterocycles. The number of nitrogens with zero attached hydrogens (tertiary/aromatic N) is 7. The normalized spacial score (nSPS) is 14.2. The summed E-state index contributed by atoms with van der Waals surface area (Å²) in [6.07, 6.45) is 4.21. The minimum Gasteiger partial charge on any atom is -0.494 e. The third kappa shape index (κ3) is 3.53. The average Bonchev–Trinajstić information content (AvgIpc) is 3.35. The number of aryl methyl sites for hydroxylation is 1. The fraction of sp³-hybridized carbons (Fsp3) is 0.250. The Bertz CT molecular complexity index is 1910. The SMILES string of the molecule is COc1cc(-c2cc3c(s2)c(=O)n(-c2cncc4nnn(C)c24)c(=O)n3CC2(C#N)CC2)c(Cl)cc1F. The Morgan fingerprint density at radius 1 is 1.27 bits per heavy atom. The van der Waals surface area contributed by atoms with Crippen LogP contribution in [-0.4, -0.2) is 36.2 Å². The molecule has 6 rings (SSSR count). The molecule has 10 nitrogen and oxygen atoms in total. The van der Waals surface area contributed by atoms with Crippen LogP contribution in [0.4, 0.5) is 4.39 Å². The number of methoxy groups -OCH3 is 1. The van der Waals surface area contributed by atoms with Gasteiger partial charge in [0.05, 0.1) is 47.2 Å². The fourth-order valence-electron chi connectivity index (χ4n) is 4.44. The van der Waals surface area contributed by atoms with Crippen LogP contribution in [0.5, 0.6) is 5.75 Å². The zero-order valence-corrected chi connectivity index (χ0v) is 21.1. The molecular formula is C24H17ClFN7O3S. The highest BCUT2D eigenvalue weighted by Gasteiger charge is 2.44. The van der Waals surface area contributed by atoms with E-state index in [4.69, 9.17) is 16.3 Å². The predicted molar refractivity (Wildman–Crippen MR) is 136 cm³/mol. The predicted octanol–water partition coefficient (Wildman–Crippen LogP) is 3.66. The average molecular weight is 538 g/mol. The van der Waals surface area contributed by atoms with Crippen LogP contribution in [0, 0.1) is 22.6 Å². The Hall–Kier alpha value is -4.08. The van der Waals surface area contributed by atoms with E-state index < -0.39 is 22.5 Å². The molecule has 0 amide bonds. The molecule has 4 heterocycles. The summed E-state index contributed by atoms with van der Waals surface area (Å²) >= 11 is 7.48. The molecule has 1 aliphatic rings. The minimum atomic E-state index is -0.684. The minimum absolute atomic E-state index is 0.00506. The highest BCUT2D eigenvalue weighted by molar-refractivity contribution is 7.22. The number of benzene rings is 1. The molecule has 1 saturated carbocycles. The van der Waals surface area contributed by atoms with Gasteiger partial charge in [0, 0.05) is 24.0 Å². The molecule has 37 heavy (non-hydrogen) atoms. The first-order valence-electron chi connectivity index (χ1n) is 11.1. The highest BCUT2D eigenvalue weighted by Crippen LogP contribution is 2.47. The Balaban J connectivity index is 1.68. The molecular weight excluding hydrogens is 521 g/mol. The smallest absolute Gasteiger partial charge is 0.336 e. The van der Waals surface area contributed by atoms with Crippen molar-refractivity contribution in [1.82, 2.24) is 29.1 Å². The quantitative estimate of drug-likeness (QED) is 0.335. The summed E-state index contributed by atoms with van der Waals surface area (Å²) in [4.78, 5) is 32.4. The maximum Gasteiger partial charge on any atom is 0.336 e. The summed E-state index contributed by atoms with van der Waals surface area (Å²) in [6, 6.07) is 6.57. The fourth-order valence-corrected chi connectivity index (χ4v) is 5.87. The van der Waals surface area contributed by atoms with Crippen LogP contribution in [0.2, 0.25) is 5.02 Å². The topological polar surface area (TPSA) is 121 Å². The number of rotatable bonds is 5. The summed E-state index contributed by atoms with van der Waals surface area (Å²) < 4.78 is 23.5. The Morgan fingerprint density at radius 2 is 2.05 bits per heavy atom. The van der Waals surface area contributed by atoms with Crippen molar-refractivity contribution in [3.05, 3.63) is 62.3 Å². The van der Waals surface area contributed by atoms with Crippen LogP contribution >= 0.6 is 22.9 Å². The molecule has 1 aromatic carbocycles. The van der Waals surface area contributed by atoms with E-state index in [1.165, 1.54) is 34.8 Å². The molecule has 186 valence electrons. The Labute approximate surface area is 216 Å². The molecule has 1 aliphatic carbocycles. The number of hydrogen-bond acceptors (Lipinski definition) is 8. The molecule has 5 aromatic rings. The number of ether oxygens (including phenoxy) is 1. The lowest BCUT2D eigenvalue weighted by molar-refractivity contribution is 0.387. The van der Waals surface area contributed by atoms with Gasteiger partial charge in [0.25, 0.3) is 5.56 Å². The van der Waals surface area contributed by atoms with Gasteiger partial charge < -0.3 is 4.74 Å². The lowest BCUT2D eigenvalue weighted by atomic mass is 10.1. The molecule has 1 fully saturated rings. The van der Waals surface area contributed by atoms with Crippen molar-refractivity contribution in [2.24, 2.45) is 12.5 Å². The second kappa shape index (κ2) is 8.22. The monoisotopic (exact) mass is 537 g/mol. The van der Waals surface area contributed by atoms with E-state index in [1.807, 2.05) is 0 Å². The van der Waals surface area contributed by atoms with E-state index in [0.717, 1.165) is 22.0 Å². The summed E-state index contributed by atoms with van der Waals surface area (Å²) in [5, 5.41) is 17.9. The Kier molecular flexibility index (Phi) is 5.18. The number of thiophene rings is 1. The third-order valence-electron chi connectivity index (χ3n) is 6.61. The van der Waals surface area contributed by atoms with Gasteiger partial charge in [-0.15, -0.1) is 16.4 Å². The first-order chi connectivity index (χ1) is 17.8. The molecule has 0 radical (unpaired) electrons. The molecule has 0 spiro atoms. The molecule has 0 saturated heterocycles. The van der Waals surface area contributed by atoms with Crippen molar-refractivity contribution in [2.75, 3.05) is 7.11 Å². The zero-order valence-electron chi connectivity index (χ0n) is 19.5. The first kappa shape index (κ1) is 23.3. The molecule has 0 aliphatic heterocycles. The molecule has 0 N–H and O–H groups in total. The zero-order chi connectivity index (χ0) is 26.1. The second-order valence-corrected chi connectivity index (χ2v) is 10.4. The number of nitriles is 1. The van der Waals surface area contributed by atoms with Gasteiger partial charge in [0.15, 0.2) is 11.6 Å². The first-order valence-corrected chi connectivity index (χ1v) is 12.3. The lowest BCUT2D eigenvalue weighted by Crippen LogP contribution is -2.40. The van der Waals surface area contributed by atoms with Crippen molar-refractivity contribution in [3.8, 4) is 27.9 Å². The molecule has 0 bridgehead atoms. The van der Waals surface area contributed by atoms with Gasteiger partial charge in [-0.05, 0) is 31.0 Å². The van der Waals surface area contributed by atoms with Gasteiger partial charge >= 0.3 is 5.69 Å². The van der Waals surface area contributed by atoms with Gasteiger partial charge in [0.1, 0.15) is 15.7 Å². The standard InChI is InChI=1S/C24H17ClFN7O3S/c1-31-20-15(29-30-31)8-28-9-17(20)33-22(34)21-16(32(23(33)35)11-24(10-27)3-4-24)7-19(37-21)12-5-18(36-2)14(26)6-13(12)25/h5-9H,3-4,11H2,1-2H3. The maximum atomic E-state index is 14.2. The molecule has 0 atom stereocenters. The summed E-state index contributed by atoms with van der Waals surface area (Å²) in [7, 11) is 3.00. The van der Waals surface area contributed by atoms with E-state index in [1.54, 1.807) is 13.1 Å². The van der Waals surface area contributed by atoms with Crippen molar-refractivity contribution < 1.29 is 9.13 Å². The highest BCUT2D eigenvalue weighted by atomic mass is 35.5. The van der Waals surface area contributed by atoms with Crippen LogP contribution in [0.15, 0.2) is 40.2 Å². The second-order valence-electron chi connectivity index (χ2n) is 8.93. The number of halogens is 2. The van der Waals surface area contributed by atoms with Gasteiger partial charge in [-0.1, -0.05) is 16.8 Å².